The molecule has 1 amide bonds. The van der Waals surface area contributed by atoms with E-state index in [-0.39, 0.29) is 21.9 Å². The number of amides is 1. The van der Waals surface area contributed by atoms with Crippen LogP contribution in [0, 0.1) is 24.1 Å². The Morgan fingerprint density at radius 3 is 2.71 bits per heavy atom. The topological polar surface area (TPSA) is 92.3 Å². The Morgan fingerprint density at radius 2 is 2.07 bits per heavy atom. The molecule has 0 fully saturated rings. The van der Waals surface area contributed by atoms with Crippen LogP contribution in [0.5, 0.6) is 0 Å². The molecule has 1 aromatic heterocycles. The van der Waals surface area contributed by atoms with Gasteiger partial charge in [-0.25, -0.2) is 9.18 Å². The number of ether oxygens (including phenoxy) is 1. The maximum absolute atomic E-state index is 13.8. The molecule has 0 unspecified atom stereocenters. The van der Waals surface area contributed by atoms with E-state index in [9.17, 15) is 14.0 Å². The number of rotatable bonds is 4. The summed E-state index contributed by atoms with van der Waals surface area (Å²) in [6.45, 7) is 2.99. The minimum absolute atomic E-state index is 0.0451. The van der Waals surface area contributed by atoms with Crippen molar-refractivity contribution in [3.05, 3.63) is 64.1 Å². The fraction of sp³-hybridized carbons (Fsp3) is 0.150. The molecule has 1 atom stereocenters. The van der Waals surface area contributed by atoms with E-state index in [0.29, 0.717) is 16.6 Å². The zero-order valence-corrected chi connectivity index (χ0v) is 15.6. The monoisotopic (exact) mass is 400 g/mol. The van der Waals surface area contributed by atoms with Crippen molar-refractivity contribution >= 4 is 40.1 Å². The Morgan fingerprint density at radius 1 is 1.32 bits per heavy atom. The normalized spacial score (nSPS) is 11.7. The van der Waals surface area contributed by atoms with Gasteiger partial charge >= 0.3 is 5.97 Å². The first kappa shape index (κ1) is 19.4. The van der Waals surface area contributed by atoms with Crippen LogP contribution in [0.25, 0.3) is 11.0 Å². The van der Waals surface area contributed by atoms with E-state index in [2.05, 4.69) is 5.32 Å². The average Bonchev–Trinajstić information content (AvgIpc) is 3.00. The molecule has 0 saturated carbocycles. The van der Waals surface area contributed by atoms with Gasteiger partial charge in [0, 0.05) is 16.6 Å². The second kappa shape index (κ2) is 7.71. The first-order valence-corrected chi connectivity index (χ1v) is 8.58. The van der Waals surface area contributed by atoms with Crippen LogP contribution in [0.15, 0.2) is 40.8 Å². The van der Waals surface area contributed by atoms with Gasteiger partial charge in [-0.1, -0.05) is 23.7 Å². The molecule has 0 aliphatic rings. The number of carbonyl (C=O) groups is 2. The van der Waals surface area contributed by atoms with E-state index in [4.69, 9.17) is 26.0 Å². The SMILES string of the molecule is Cc1c(C(=O)O[C@H](C)C(=O)Nc2ccc(C#N)c(Cl)c2)oc2c(F)cccc12. The number of carbonyl (C=O) groups excluding carboxylic acids is 2. The van der Waals surface area contributed by atoms with Gasteiger partial charge in [0.2, 0.25) is 5.76 Å². The zero-order valence-electron chi connectivity index (χ0n) is 14.9. The molecule has 3 aromatic rings. The van der Waals surface area contributed by atoms with E-state index in [0.717, 1.165) is 0 Å². The van der Waals surface area contributed by atoms with Gasteiger partial charge in [0.1, 0.15) is 6.07 Å². The highest BCUT2D eigenvalue weighted by Crippen LogP contribution is 2.28. The number of esters is 1. The van der Waals surface area contributed by atoms with Gasteiger partial charge in [-0.15, -0.1) is 0 Å². The van der Waals surface area contributed by atoms with Crippen molar-refractivity contribution in [2.45, 2.75) is 20.0 Å². The second-order valence-corrected chi connectivity index (χ2v) is 6.42. The van der Waals surface area contributed by atoms with Crippen molar-refractivity contribution in [2.75, 3.05) is 5.32 Å². The summed E-state index contributed by atoms with van der Waals surface area (Å²) in [5, 5.41) is 12.0. The molecule has 0 saturated heterocycles. The van der Waals surface area contributed by atoms with Crippen LogP contribution in [0.3, 0.4) is 0 Å². The molecule has 28 heavy (non-hydrogen) atoms. The third kappa shape index (κ3) is 3.68. The molecular weight excluding hydrogens is 387 g/mol. The minimum atomic E-state index is -1.15. The van der Waals surface area contributed by atoms with E-state index < -0.39 is 23.8 Å². The third-order valence-electron chi connectivity index (χ3n) is 4.11. The van der Waals surface area contributed by atoms with Crippen LogP contribution in [-0.4, -0.2) is 18.0 Å². The highest BCUT2D eigenvalue weighted by molar-refractivity contribution is 6.32. The molecule has 1 heterocycles. The summed E-state index contributed by atoms with van der Waals surface area (Å²) in [5.74, 6) is -2.24. The fourth-order valence-electron chi connectivity index (χ4n) is 2.60. The minimum Gasteiger partial charge on any atom is -0.447 e. The number of anilines is 1. The van der Waals surface area contributed by atoms with Crippen LogP contribution in [0.4, 0.5) is 10.1 Å². The number of benzene rings is 2. The maximum Gasteiger partial charge on any atom is 0.375 e. The summed E-state index contributed by atoms with van der Waals surface area (Å²) in [6, 6.07) is 10.6. The number of hydrogen-bond acceptors (Lipinski definition) is 5. The van der Waals surface area contributed by atoms with E-state index in [1.165, 1.54) is 37.3 Å². The van der Waals surface area contributed by atoms with E-state index in [1.807, 2.05) is 6.07 Å². The lowest BCUT2D eigenvalue weighted by atomic mass is 10.1. The summed E-state index contributed by atoms with van der Waals surface area (Å²) in [5.41, 5.74) is 0.993. The van der Waals surface area contributed by atoms with Gasteiger partial charge in [0.05, 0.1) is 10.6 Å². The maximum atomic E-state index is 13.8. The standard InChI is InChI=1S/C20H14ClFN2O4/c1-10-14-4-3-5-16(22)18(14)28-17(10)20(26)27-11(2)19(25)24-13-7-6-12(9-23)15(21)8-13/h3-8,11H,1-2H3,(H,24,25)/t11-/m1/s1. The Bertz CT molecular complexity index is 1130. The Hall–Kier alpha value is -3.37. The summed E-state index contributed by atoms with van der Waals surface area (Å²) < 4.78 is 24.3. The van der Waals surface area contributed by atoms with Crippen molar-refractivity contribution in [3.63, 3.8) is 0 Å². The lowest BCUT2D eigenvalue weighted by Crippen LogP contribution is -2.30. The number of hydrogen-bond donors (Lipinski definition) is 1. The van der Waals surface area contributed by atoms with Crippen molar-refractivity contribution < 1.29 is 23.1 Å². The lowest BCUT2D eigenvalue weighted by Gasteiger charge is -2.13. The van der Waals surface area contributed by atoms with Crippen molar-refractivity contribution in [2.24, 2.45) is 0 Å². The van der Waals surface area contributed by atoms with Crippen molar-refractivity contribution in [3.8, 4) is 6.07 Å². The average molecular weight is 401 g/mol. The first-order valence-electron chi connectivity index (χ1n) is 8.21. The smallest absolute Gasteiger partial charge is 0.375 e. The summed E-state index contributed by atoms with van der Waals surface area (Å²) in [7, 11) is 0. The molecule has 0 radical (unpaired) electrons. The quantitative estimate of drug-likeness (QED) is 0.646. The molecule has 142 valence electrons. The molecule has 0 aliphatic heterocycles. The Labute approximate surface area is 164 Å². The molecular formula is C20H14ClFN2O4. The number of halogens is 2. The Balaban J connectivity index is 1.73. The molecule has 2 aromatic carbocycles. The van der Waals surface area contributed by atoms with Crippen molar-refractivity contribution in [1.82, 2.24) is 0 Å². The van der Waals surface area contributed by atoms with Crippen LogP contribution < -0.4 is 5.32 Å². The third-order valence-corrected chi connectivity index (χ3v) is 4.42. The summed E-state index contributed by atoms with van der Waals surface area (Å²) in [6.07, 6.45) is -1.15. The molecule has 0 bridgehead atoms. The van der Waals surface area contributed by atoms with E-state index in [1.54, 1.807) is 13.0 Å². The number of nitrogens with one attached hydrogen (secondary N) is 1. The molecule has 0 spiro atoms. The summed E-state index contributed by atoms with van der Waals surface area (Å²) >= 11 is 5.92. The summed E-state index contributed by atoms with van der Waals surface area (Å²) in [4.78, 5) is 24.6. The highest BCUT2D eigenvalue weighted by Gasteiger charge is 2.25. The predicted octanol–water partition coefficient (Wildman–Crippen LogP) is 4.59. The van der Waals surface area contributed by atoms with Crippen LogP contribution in [0.1, 0.15) is 28.6 Å². The molecule has 1 N–H and O–H groups in total. The number of aryl methyl sites for hydroxylation is 1. The van der Waals surface area contributed by atoms with Gasteiger partial charge in [0.25, 0.3) is 5.91 Å². The van der Waals surface area contributed by atoms with Gasteiger partial charge in [-0.05, 0) is 38.1 Å². The van der Waals surface area contributed by atoms with Crippen molar-refractivity contribution in [1.29, 1.82) is 5.26 Å². The zero-order chi connectivity index (χ0) is 20.4. The lowest BCUT2D eigenvalue weighted by molar-refractivity contribution is -0.123. The number of nitrogens with zero attached hydrogens (tertiary/aromatic N) is 1. The van der Waals surface area contributed by atoms with Crippen LogP contribution in [0.2, 0.25) is 5.02 Å². The largest absolute Gasteiger partial charge is 0.447 e. The molecule has 6 nitrogen and oxygen atoms in total. The molecule has 3 rings (SSSR count). The van der Waals surface area contributed by atoms with E-state index >= 15 is 0 Å². The molecule has 0 aliphatic carbocycles. The molecule has 8 heteroatoms. The first-order chi connectivity index (χ1) is 13.3. The number of para-hydroxylation sites is 1. The predicted molar refractivity (Wildman–Crippen MR) is 101 cm³/mol. The van der Waals surface area contributed by atoms with Gasteiger partial charge in [-0.3, -0.25) is 4.79 Å². The van der Waals surface area contributed by atoms with Gasteiger partial charge in [0.15, 0.2) is 17.5 Å². The fourth-order valence-corrected chi connectivity index (χ4v) is 2.82. The number of furan rings is 1. The second-order valence-electron chi connectivity index (χ2n) is 6.02. The number of fused-ring (bicyclic) bond motifs is 1. The number of nitriles is 1. The van der Waals surface area contributed by atoms with Gasteiger partial charge in [-0.2, -0.15) is 5.26 Å². The Kier molecular flexibility index (Phi) is 5.34. The van der Waals surface area contributed by atoms with Crippen LogP contribution >= 0.6 is 11.6 Å². The van der Waals surface area contributed by atoms with Crippen LogP contribution in [-0.2, 0) is 9.53 Å². The highest BCUT2D eigenvalue weighted by atomic mass is 35.5. The van der Waals surface area contributed by atoms with Gasteiger partial charge < -0.3 is 14.5 Å².